The molecule has 0 aliphatic carbocycles. The molecule has 0 radical (unpaired) electrons. The van der Waals surface area contributed by atoms with E-state index in [1.54, 1.807) is 0 Å². The van der Waals surface area contributed by atoms with Gasteiger partial charge < -0.3 is 15.7 Å². The molecule has 2 unspecified atom stereocenters. The predicted molar refractivity (Wildman–Crippen MR) is 56.6 cm³/mol. The number of nitrogens with zero attached hydrogens (tertiary/aromatic N) is 1. The lowest BCUT2D eigenvalue weighted by Crippen LogP contribution is -2.41. The van der Waals surface area contributed by atoms with Crippen molar-refractivity contribution in [3.63, 3.8) is 0 Å². The Hall–Kier alpha value is -0.120. The molecule has 0 aromatic heterocycles. The molecule has 0 aliphatic rings. The lowest BCUT2D eigenvalue weighted by Gasteiger charge is -2.32. The second-order valence-corrected chi connectivity index (χ2v) is 4.25. The Bertz CT molecular complexity index is 131. The van der Waals surface area contributed by atoms with Crippen molar-refractivity contribution in [2.24, 2.45) is 11.7 Å². The SMILES string of the molecule is CCC(CN)C(C)(O)CCN(C)C. The van der Waals surface area contributed by atoms with Crippen LogP contribution in [-0.4, -0.2) is 42.8 Å². The summed E-state index contributed by atoms with van der Waals surface area (Å²) in [6, 6.07) is 0. The van der Waals surface area contributed by atoms with E-state index in [0.717, 1.165) is 19.4 Å². The van der Waals surface area contributed by atoms with Gasteiger partial charge in [-0.3, -0.25) is 0 Å². The molecule has 0 amide bonds. The molecule has 0 aromatic rings. The molecule has 0 spiro atoms. The molecule has 0 saturated carbocycles. The number of aliphatic hydroxyl groups is 1. The normalized spacial score (nSPS) is 18.7. The van der Waals surface area contributed by atoms with Crippen molar-refractivity contribution in [3.8, 4) is 0 Å². The summed E-state index contributed by atoms with van der Waals surface area (Å²) in [4.78, 5) is 2.08. The van der Waals surface area contributed by atoms with Crippen LogP contribution in [0.15, 0.2) is 0 Å². The molecule has 0 bridgehead atoms. The molecule has 0 fully saturated rings. The van der Waals surface area contributed by atoms with Crippen molar-refractivity contribution in [1.29, 1.82) is 0 Å². The largest absolute Gasteiger partial charge is 0.390 e. The zero-order chi connectivity index (χ0) is 10.5. The summed E-state index contributed by atoms with van der Waals surface area (Å²) in [5, 5.41) is 10.1. The first-order chi connectivity index (χ1) is 5.94. The van der Waals surface area contributed by atoms with Gasteiger partial charge in [0.25, 0.3) is 0 Å². The van der Waals surface area contributed by atoms with Gasteiger partial charge in [0.15, 0.2) is 0 Å². The van der Waals surface area contributed by atoms with Crippen molar-refractivity contribution in [2.75, 3.05) is 27.2 Å². The van der Waals surface area contributed by atoms with E-state index in [0.29, 0.717) is 6.54 Å². The van der Waals surface area contributed by atoms with E-state index >= 15 is 0 Å². The Morgan fingerprint density at radius 1 is 1.46 bits per heavy atom. The minimum atomic E-state index is -0.617. The summed E-state index contributed by atoms with van der Waals surface area (Å²) in [5.41, 5.74) is 4.98. The van der Waals surface area contributed by atoms with Gasteiger partial charge in [-0.1, -0.05) is 6.92 Å². The van der Waals surface area contributed by atoms with Crippen molar-refractivity contribution >= 4 is 0 Å². The van der Waals surface area contributed by atoms with E-state index in [-0.39, 0.29) is 5.92 Å². The molecule has 3 N–H and O–H groups in total. The fourth-order valence-electron chi connectivity index (χ4n) is 1.51. The maximum Gasteiger partial charge on any atom is 0.0671 e. The molecule has 0 rings (SSSR count). The van der Waals surface area contributed by atoms with E-state index in [2.05, 4.69) is 11.8 Å². The van der Waals surface area contributed by atoms with Gasteiger partial charge >= 0.3 is 0 Å². The first-order valence-electron chi connectivity index (χ1n) is 5.01. The molecular weight excluding hydrogens is 164 g/mol. The molecule has 0 aromatic carbocycles. The fraction of sp³-hybridized carbons (Fsp3) is 1.00. The molecule has 2 atom stereocenters. The Balaban J connectivity index is 4.03. The van der Waals surface area contributed by atoms with Crippen molar-refractivity contribution in [3.05, 3.63) is 0 Å². The third-order valence-corrected chi connectivity index (χ3v) is 2.72. The van der Waals surface area contributed by atoms with Gasteiger partial charge in [0.1, 0.15) is 0 Å². The molecule has 13 heavy (non-hydrogen) atoms. The lowest BCUT2D eigenvalue weighted by atomic mass is 9.84. The standard InChI is InChI=1S/C10H24N2O/c1-5-9(8-11)10(2,13)6-7-12(3)4/h9,13H,5-8,11H2,1-4H3. The quantitative estimate of drug-likeness (QED) is 0.644. The van der Waals surface area contributed by atoms with Gasteiger partial charge in [0, 0.05) is 6.54 Å². The van der Waals surface area contributed by atoms with Gasteiger partial charge in [0.2, 0.25) is 0 Å². The Morgan fingerprint density at radius 2 is 2.00 bits per heavy atom. The third kappa shape index (κ3) is 4.60. The first kappa shape index (κ1) is 12.9. The average Bonchev–Trinajstić information content (AvgIpc) is 2.03. The maximum absolute atomic E-state index is 10.1. The number of hydrogen-bond acceptors (Lipinski definition) is 3. The summed E-state index contributed by atoms with van der Waals surface area (Å²) >= 11 is 0. The zero-order valence-corrected chi connectivity index (χ0v) is 9.38. The highest BCUT2D eigenvalue weighted by atomic mass is 16.3. The van der Waals surface area contributed by atoms with Gasteiger partial charge in [-0.2, -0.15) is 0 Å². The minimum absolute atomic E-state index is 0.215. The van der Waals surface area contributed by atoms with Gasteiger partial charge in [-0.05, 0) is 46.3 Å². The van der Waals surface area contributed by atoms with Gasteiger partial charge in [0.05, 0.1) is 5.60 Å². The van der Waals surface area contributed by atoms with Crippen LogP contribution in [0.2, 0.25) is 0 Å². The molecule has 0 saturated heterocycles. The van der Waals surface area contributed by atoms with Gasteiger partial charge in [-0.15, -0.1) is 0 Å². The molecule has 0 heterocycles. The van der Waals surface area contributed by atoms with E-state index in [9.17, 15) is 5.11 Å². The maximum atomic E-state index is 10.1. The van der Waals surface area contributed by atoms with Crippen LogP contribution in [0.1, 0.15) is 26.7 Å². The van der Waals surface area contributed by atoms with Crippen LogP contribution in [0.3, 0.4) is 0 Å². The van der Waals surface area contributed by atoms with Crippen LogP contribution in [0.25, 0.3) is 0 Å². The van der Waals surface area contributed by atoms with Crippen LogP contribution < -0.4 is 5.73 Å². The second-order valence-electron chi connectivity index (χ2n) is 4.25. The molecule has 0 aliphatic heterocycles. The second kappa shape index (κ2) is 5.58. The van der Waals surface area contributed by atoms with Crippen LogP contribution in [0, 0.1) is 5.92 Å². The van der Waals surface area contributed by atoms with Crippen LogP contribution in [-0.2, 0) is 0 Å². The Morgan fingerprint density at radius 3 is 2.31 bits per heavy atom. The first-order valence-corrected chi connectivity index (χ1v) is 5.01. The topological polar surface area (TPSA) is 49.5 Å². The fourth-order valence-corrected chi connectivity index (χ4v) is 1.51. The predicted octanol–water partition coefficient (Wildman–Crippen LogP) is 0.674. The zero-order valence-electron chi connectivity index (χ0n) is 9.38. The number of rotatable bonds is 6. The summed E-state index contributed by atoms with van der Waals surface area (Å²) in [6.45, 7) is 5.43. The summed E-state index contributed by atoms with van der Waals surface area (Å²) in [6.07, 6.45) is 1.73. The van der Waals surface area contributed by atoms with E-state index in [1.807, 2.05) is 21.0 Å². The Labute approximate surface area is 81.9 Å². The summed E-state index contributed by atoms with van der Waals surface area (Å²) in [7, 11) is 4.03. The highest BCUT2D eigenvalue weighted by Gasteiger charge is 2.28. The van der Waals surface area contributed by atoms with E-state index in [4.69, 9.17) is 5.73 Å². The summed E-state index contributed by atoms with van der Waals surface area (Å²) < 4.78 is 0. The van der Waals surface area contributed by atoms with Crippen LogP contribution in [0.4, 0.5) is 0 Å². The number of nitrogens with two attached hydrogens (primary N) is 1. The monoisotopic (exact) mass is 188 g/mol. The van der Waals surface area contributed by atoms with Crippen molar-refractivity contribution in [2.45, 2.75) is 32.3 Å². The molecule has 80 valence electrons. The summed E-state index contributed by atoms with van der Waals surface area (Å²) in [5.74, 6) is 0.215. The van der Waals surface area contributed by atoms with Crippen LogP contribution >= 0.6 is 0 Å². The van der Waals surface area contributed by atoms with E-state index in [1.165, 1.54) is 0 Å². The average molecular weight is 188 g/mol. The third-order valence-electron chi connectivity index (χ3n) is 2.72. The lowest BCUT2D eigenvalue weighted by molar-refractivity contribution is -0.0117. The number of hydrogen-bond donors (Lipinski definition) is 2. The van der Waals surface area contributed by atoms with E-state index < -0.39 is 5.60 Å². The van der Waals surface area contributed by atoms with Crippen LogP contribution in [0.5, 0.6) is 0 Å². The van der Waals surface area contributed by atoms with Crippen molar-refractivity contribution < 1.29 is 5.11 Å². The van der Waals surface area contributed by atoms with Crippen molar-refractivity contribution in [1.82, 2.24) is 4.90 Å². The van der Waals surface area contributed by atoms with Gasteiger partial charge in [-0.25, -0.2) is 0 Å². The minimum Gasteiger partial charge on any atom is -0.390 e. The molecule has 3 heteroatoms. The molecular formula is C10H24N2O. The highest BCUT2D eigenvalue weighted by Crippen LogP contribution is 2.23. The highest BCUT2D eigenvalue weighted by molar-refractivity contribution is 4.82. The molecule has 3 nitrogen and oxygen atoms in total. The Kier molecular flexibility index (Phi) is 5.53. The smallest absolute Gasteiger partial charge is 0.0671 e.